The second-order valence-electron chi connectivity index (χ2n) is 3.54. The summed E-state index contributed by atoms with van der Waals surface area (Å²) in [5.74, 6) is 1.05. The smallest absolute Gasteiger partial charge is 0.106 e. The van der Waals surface area contributed by atoms with E-state index in [4.69, 9.17) is 5.73 Å². The van der Waals surface area contributed by atoms with Crippen molar-refractivity contribution in [3.8, 4) is 0 Å². The Kier molecular flexibility index (Phi) is 2.25. The van der Waals surface area contributed by atoms with Crippen molar-refractivity contribution in [2.24, 2.45) is 12.8 Å². The number of aromatic nitrogens is 2. The molecule has 74 valence electrons. The maximum atomic E-state index is 5.58. The predicted octanol–water partition coefficient (Wildman–Crippen LogP) is 1.38. The molecule has 0 fully saturated rings. The van der Waals surface area contributed by atoms with Gasteiger partial charge in [0.1, 0.15) is 5.82 Å². The zero-order chi connectivity index (χ0) is 10.1. The van der Waals surface area contributed by atoms with Crippen molar-refractivity contribution in [2.75, 3.05) is 6.54 Å². The van der Waals surface area contributed by atoms with Crippen LogP contribution in [0.15, 0.2) is 18.2 Å². The van der Waals surface area contributed by atoms with Crippen LogP contribution in [-0.2, 0) is 13.5 Å². The highest BCUT2D eigenvalue weighted by Crippen LogP contribution is 2.19. The Morgan fingerprint density at radius 1 is 1.43 bits per heavy atom. The first-order valence-corrected chi connectivity index (χ1v) is 4.85. The number of nitrogens with zero attached hydrogens (tertiary/aromatic N) is 2. The molecule has 0 radical (unpaired) electrons. The molecule has 0 aliphatic heterocycles. The second kappa shape index (κ2) is 3.42. The topological polar surface area (TPSA) is 43.8 Å². The number of para-hydroxylation sites is 1. The molecule has 0 bridgehead atoms. The van der Waals surface area contributed by atoms with Gasteiger partial charge >= 0.3 is 0 Å². The molecule has 2 N–H and O–H groups in total. The first kappa shape index (κ1) is 9.21. The van der Waals surface area contributed by atoms with E-state index in [9.17, 15) is 0 Å². The fraction of sp³-hybridized carbons (Fsp3) is 0.364. The Labute approximate surface area is 83.6 Å². The Morgan fingerprint density at radius 3 is 2.93 bits per heavy atom. The molecule has 1 heterocycles. The van der Waals surface area contributed by atoms with Crippen LogP contribution in [0, 0.1) is 6.92 Å². The number of hydrogen-bond acceptors (Lipinski definition) is 2. The monoisotopic (exact) mass is 189 g/mol. The highest BCUT2D eigenvalue weighted by molar-refractivity contribution is 5.79. The first-order valence-electron chi connectivity index (χ1n) is 4.85. The van der Waals surface area contributed by atoms with Gasteiger partial charge in [0.15, 0.2) is 0 Å². The molecule has 14 heavy (non-hydrogen) atoms. The Hall–Kier alpha value is -1.35. The van der Waals surface area contributed by atoms with Gasteiger partial charge in [-0.2, -0.15) is 0 Å². The average Bonchev–Trinajstić information content (AvgIpc) is 2.45. The van der Waals surface area contributed by atoms with Crippen molar-refractivity contribution in [3.05, 3.63) is 29.6 Å². The zero-order valence-corrected chi connectivity index (χ0v) is 8.62. The molecule has 0 saturated carbocycles. The van der Waals surface area contributed by atoms with Gasteiger partial charge in [-0.3, -0.25) is 0 Å². The molecule has 3 heteroatoms. The van der Waals surface area contributed by atoms with Crippen molar-refractivity contribution in [3.63, 3.8) is 0 Å². The molecule has 0 amide bonds. The summed E-state index contributed by atoms with van der Waals surface area (Å²) in [5, 5.41) is 0. The minimum atomic E-state index is 0.684. The third kappa shape index (κ3) is 1.30. The lowest BCUT2D eigenvalue weighted by atomic mass is 10.1. The van der Waals surface area contributed by atoms with Crippen LogP contribution in [-0.4, -0.2) is 16.1 Å². The van der Waals surface area contributed by atoms with E-state index in [1.54, 1.807) is 0 Å². The van der Waals surface area contributed by atoms with Crippen LogP contribution in [0.5, 0.6) is 0 Å². The van der Waals surface area contributed by atoms with E-state index in [-0.39, 0.29) is 0 Å². The van der Waals surface area contributed by atoms with Crippen LogP contribution in [0.4, 0.5) is 0 Å². The van der Waals surface area contributed by atoms with Crippen molar-refractivity contribution in [2.45, 2.75) is 13.3 Å². The number of rotatable bonds is 2. The van der Waals surface area contributed by atoms with Crippen LogP contribution in [0.25, 0.3) is 11.0 Å². The zero-order valence-electron chi connectivity index (χ0n) is 8.62. The normalized spacial score (nSPS) is 11.1. The highest BCUT2D eigenvalue weighted by atomic mass is 15.0. The predicted molar refractivity (Wildman–Crippen MR) is 58.2 cm³/mol. The second-order valence-corrected chi connectivity index (χ2v) is 3.54. The molecular weight excluding hydrogens is 174 g/mol. The Morgan fingerprint density at radius 2 is 2.21 bits per heavy atom. The molecule has 0 aliphatic carbocycles. The third-order valence-corrected chi connectivity index (χ3v) is 2.62. The van der Waals surface area contributed by atoms with Crippen LogP contribution >= 0.6 is 0 Å². The largest absolute Gasteiger partial charge is 0.331 e. The number of fused-ring (bicyclic) bond motifs is 1. The first-order chi connectivity index (χ1) is 6.74. The molecule has 0 aliphatic rings. The fourth-order valence-electron chi connectivity index (χ4n) is 1.82. The molecule has 1 aromatic heterocycles. The van der Waals surface area contributed by atoms with Gasteiger partial charge < -0.3 is 10.3 Å². The summed E-state index contributed by atoms with van der Waals surface area (Å²) in [6, 6.07) is 6.21. The minimum Gasteiger partial charge on any atom is -0.331 e. The van der Waals surface area contributed by atoms with E-state index in [2.05, 4.69) is 15.6 Å². The molecule has 1 aromatic carbocycles. The summed E-state index contributed by atoms with van der Waals surface area (Å²) >= 11 is 0. The van der Waals surface area contributed by atoms with Gasteiger partial charge in [0.2, 0.25) is 0 Å². The van der Waals surface area contributed by atoms with Crippen molar-refractivity contribution in [1.82, 2.24) is 9.55 Å². The molecule has 0 saturated heterocycles. The summed E-state index contributed by atoms with van der Waals surface area (Å²) < 4.78 is 2.13. The fourth-order valence-corrected chi connectivity index (χ4v) is 1.82. The molecule has 3 nitrogen and oxygen atoms in total. The lowest BCUT2D eigenvalue weighted by Crippen LogP contribution is -2.04. The minimum absolute atomic E-state index is 0.684. The summed E-state index contributed by atoms with van der Waals surface area (Å²) in [7, 11) is 2.05. The summed E-state index contributed by atoms with van der Waals surface area (Å²) in [4.78, 5) is 4.48. The van der Waals surface area contributed by atoms with E-state index in [1.165, 1.54) is 11.1 Å². The molecule has 0 atom stereocenters. The number of benzene rings is 1. The summed E-state index contributed by atoms with van der Waals surface area (Å²) in [6.45, 7) is 2.70. The molecule has 2 rings (SSSR count). The number of aryl methyl sites for hydroxylation is 2. The molecular formula is C11H15N3. The quantitative estimate of drug-likeness (QED) is 0.775. The third-order valence-electron chi connectivity index (χ3n) is 2.62. The van der Waals surface area contributed by atoms with E-state index in [0.717, 1.165) is 17.8 Å². The molecule has 0 spiro atoms. The number of imidazole rings is 1. The van der Waals surface area contributed by atoms with Gasteiger partial charge in [-0.25, -0.2) is 4.98 Å². The highest BCUT2D eigenvalue weighted by Gasteiger charge is 2.07. The van der Waals surface area contributed by atoms with Gasteiger partial charge in [0.05, 0.1) is 11.0 Å². The lowest BCUT2D eigenvalue weighted by Gasteiger charge is -2.03. The molecule has 0 unspecified atom stereocenters. The maximum Gasteiger partial charge on any atom is 0.106 e. The van der Waals surface area contributed by atoms with Gasteiger partial charge in [0.25, 0.3) is 0 Å². The van der Waals surface area contributed by atoms with Crippen LogP contribution < -0.4 is 5.73 Å². The Balaban J connectivity index is 2.71. The Bertz CT molecular complexity index is 457. The van der Waals surface area contributed by atoms with Crippen LogP contribution in [0.1, 0.15) is 11.4 Å². The van der Waals surface area contributed by atoms with E-state index < -0.39 is 0 Å². The SMILES string of the molecule is Cc1nc2cccc(CCN)c2n1C. The number of nitrogens with two attached hydrogens (primary N) is 1. The number of hydrogen-bond donors (Lipinski definition) is 1. The van der Waals surface area contributed by atoms with Crippen molar-refractivity contribution < 1.29 is 0 Å². The lowest BCUT2D eigenvalue weighted by molar-refractivity contribution is 0.873. The van der Waals surface area contributed by atoms with E-state index >= 15 is 0 Å². The van der Waals surface area contributed by atoms with Crippen molar-refractivity contribution in [1.29, 1.82) is 0 Å². The van der Waals surface area contributed by atoms with Crippen molar-refractivity contribution >= 4 is 11.0 Å². The molecule has 2 aromatic rings. The van der Waals surface area contributed by atoms with Crippen LogP contribution in [0.2, 0.25) is 0 Å². The van der Waals surface area contributed by atoms with Gasteiger partial charge in [0, 0.05) is 7.05 Å². The van der Waals surface area contributed by atoms with E-state index in [0.29, 0.717) is 6.54 Å². The van der Waals surface area contributed by atoms with Crippen LogP contribution in [0.3, 0.4) is 0 Å². The average molecular weight is 189 g/mol. The maximum absolute atomic E-state index is 5.58. The summed E-state index contributed by atoms with van der Waals surface area (Å²) in [6.07, 6.45) is 0.913. The van der Waals surface area contributed by atoms with E-state index in [1.807, 2.05) is 26.1 Å². The summed E-state index contributed by atoms with van der Waals surface area (Å²) in [5.41, 5.74) is 9.15. The van der Waals surface area contributed by atoms with Gasteiger partial charge in [-0.05, 0) is 31.5 Å². The standard InChI is InChI=1S/C11H15N3/c1-8-13-10-5-3-4-9(6-7-12)11(10)14(8)2/h3-5H,6-7,12H2,1-2H3. The van der Waals surface area contributed by atoms with Gasteiger partial charge in [-0.15, -0.1) is 0 Å². The van der Waals surface area contributed by atoms with Gasteiger partial charge in [-0.1, -0.05) is 12.1 Å².